The average Bonchev–Trinajstić information content (AvgIpc) is 2.73. The lowest BCUT2D eigenvalue weighted by molar-refractivity contribution is -0.133. The molecule has 0 radical (unpaired) electrons. The Labute approximate surface area is 116 Å². The zero-order valence-electron chi connectivity index (χ0n) is 11.0. The molecule has 0 spiro atoms. The standard InChI is InChI=1S/C13H18N2O3S/c1-9-11(7-16)13(19-8-12(17)18)15(14-9)10-5-3-2-4-6-10/h7,10H,2-6,8H2,1H3,(H,17,18). The van der Waals surface area contributed by atoms with Gasteiger partial charge in [-0.2, -0.15) is 5.10 Å². The molecule has 1 heterocycles. The van der Waals surface area contributed by atoms with Crippen molar-refractivity contribution < 1.29 is 14.7 Å². The van der Waals surface area contributed by atoms with Gasteiger partial charge in [0.25, 0.3) is 0 Å². The van der Waals surface area contributed by atoms with E-state index in [1.807, 2.05) is 4.68 Å². The van der Waals surface area contributed by atoms with Crippen LogP contribution in [0.15, 0.2) is 5.03 Å². The number of thioether (sulfide) groups is 1. The van der Waals surface area contributed by atoms with E-state index < -0.39 is 5.97 Å². The largest absolute Gasteiger partial charge is 0.481 e. The molecule has 0 bridgehead atoms. The molecule has 0 atom stereocenters. The second-order valence-electron chi connectivity index (χ2n) is 4.84. The first-order valence-electron chi connectivity index (χ1n) is 6.52. The normalized spacial score (nSPS) is 16.5. The summed E-state index contributed by atoms with van der Waals surface area (Å²) in [6.07, 6.45) is 6.48. The summed E-state index contributed by atoms with van der Waals surface area (Å²) in [5.41, 5.74) is 1.23. The molecule has 1 aliphatic rings. The topological polar surface area (TPSA) is 72.2 Å². The molecule has 0 unspecified atom stereocenters. The minimum Gasteiger partial charge on any atom is -0.481 e. The maximum atomic E-state index is 11.2. The van der Waals surface area contributed by atoms with Gasteiger partial charge in [0.15, 0.2) is 6.29 Å². The third-order valence-corrected chi connectivity index (χ3v) is 4.53. The van der Waals surface area contributed by atoms with Crippen LogP contribution in [0.4, 0.5) is 0 Å². The van der Waals surface area contributed by atoms with E-state index in [4.69, 9.17) is 5.11 Å². The highest BCUT2D eigenvalue weighted by molar-refractivity contribution is 8.00. The van der Waals surface area contributed by atoms with E-state index in [0.717, 1.165) is 19.1 Å². The van der Waals surface area contributed by atoms with Gasteiger partial charge >= 0.3 is 5.97 Å². The van der Waals surface area contributed by atoms with Crippen LogP contribution in [-0.2, 0) is 4.79 Å². The highest BCUT2D eigenvalue weighted by atomic mass is 32.2. The molecule has 0 saturated heterocycles. The number of carboxylic acids is 1. The minimum atomic E-state index is -0.879. The van der Waals surface area contributed by atoms with Crippen molar-refractivity contribution in [3.8, 4) is 0 Å². The van der Waals surface area contributed by atoms with Crippen LogP contribution in [-0.4, -0.2) is 32.9 Å². The number of aromatic nitrogens is 2. The molecular formula is C13H18N2O3S. The predicted octanol–water partition coefficient (Wildman–Crippen LogP) is 2.69. The van der Waals surface area contributed by atoms with E-state index in [2.05, 4.69) is 5.10 Å². The Morgan fingerprint density at radius 1 is 1.47 bits per heavy atom. The summed E-state index contributed by atoms with van der Waals surface area (Å²) < 4.78 is 1.88. The number of rotatable bonds is 5. The number of hydrogen-bond acceptors (Lipinski definition) is 4. The molecular weight excluding hydrogens is 264 g/mol. The lowest BCUT2D eigenvalue weighted by Gasteiger charge is -2.23. The van der Waals surface area contributed by atoms with Crippen LogP contribution in [0, 0.1) is 6.92 Å². The fourth-order valence-electron chi connectivity index (χ4n) is 2.52. The summed E-state index contributed by atoms with van der Waals surface area (Å²) >= 11 is 1.19. The number of carbonyl (C=O) groups excluding carboxylic acids is 1. The van der Waals surface area contributed by atoms with Crippen LogP contribution in [0.3, 0.4) is 0 Å². The number of carboxylic acid groups (broad SMARTS) is 1. The Bertz CT molecular complexity index is 478. The van der Waals surface area contributed by atoms with Crippen LogP contribution >= 0.6 is 11.8 Å². The maximum Gasteiger partial charge on any atom is 0.313 e. The zero-order valence-corrected chi connectivity index (χ0v) is 11.8. The highest BCUT2D eigenvalue weighted by Gasteiger charge is 2.23. The van der Waals surface area contributed by atoms with Gasteiger partial charge in [-0.05, 0) is 19.8 Å². The Hall–Kier alpha value is -1.30. The molecule has 1 aliphatic carbocycles. The van der Waals surface area contributed by atoms with E-state index in [9.17, 15) is 9.59 Å². The van der Waals surface area contributed by atoms with Gasteiger partial charge in [0.2, 0.25) is 0 Å². The highest BCUT2D eigenvalue weighted by Crippen LogP contribution is 2.34. The average molecular weight is 282 g/mol. The minimum absolute atomic E-state index is 0.0430. The van der Waals surface area contributed by atoms with Crippen molar-refractivity contribution in [3.05, 3.63) is 11.3 Å². The molecule has 1 saturated carbocycles. The van der Waals surface area contributed by atoms with E-state index >= 15 is 0 Å². The van der Waals surface area contributed by atoms with Crippen molar-refractivity contribution in [1.29, 1.82) is 0 Å². The molecule has 0 aromatic carbocycles. The summed E-state index contributed by atoms with van der Waals surface area (Å²) in [4.78, 5) is 21.9. The van der Waals surface area contributed by atoms with Crippen LogP contribution in [0.25, 0.3) is 0 Å². The van der Waals surface area contributed by atoms with Gasteiger partial charge in [0.1, 0.15) is 5.03 Å². The monoisotopic (exact) mass is 282 g/mol. The van der Waals surface area contributed by atoms with Crippen molar-refractivity contribution in [2.75, 3.05) is 5.75 Å². The molecule has 1 aromatic rings. The van der Waals surface area contributed by atoms with Crippen LogP contribution < -0.4 is 0 Å². The number of aliphatic carboxylic acids is 1. The first kappa shape index (κ1) is 14.1. The molecule has 19 heavy (non-hydrogen) atoms. The van der Waals surface area contributed by atoms with E-state index in [0.29, 0.717) is 22.3 Å². The smallest absolute Gasteiger partial charge is 0.313 e. The van der Waals surface area contributed by atoms with Gasteiger partial charge in [-0.1, -0.05) is 31.0 Å². The Kier molecular flexibility index (Phi) is 4.63. The lowest BCUT2D eigenvalue weighted by atomic mass is 9.96. The molecule has 0 aliphatic heterocycles. The van der Waals surface area contributed by atoms with Crippen molar-refractivity contribution in [3.63, 3.8) is 0 Å². The SMILES string of the molecule is Cc1nn(C2CCCCC2)c(SCC(=O)O)c1C=O. The van der Waals surface area contributed by atoms with Crippen LogP contribution in [0.5, 0.6) is 0 Å². The number of aldehydes is 1. The second-order valence-corrected chi connectivity index (χ2v) is 5.80. The Morgan fingerprint density at radius 3 is 2.74 bits per heavy atom. The Morgan fingerprint density at radius 2 is 2.16 bits per heavy atom. The number of nitrogens with zero attached hydrogens (tertiary/aromatic N) is 2. The van der Waals surface area contributed by atoms with Crippen molar-refractivity contribution >= 4 is 24.0 Å². The molecule has 5 nitrogen and oxygen atoms in total. The molecule has 1 aromatic heterocycles. The summed E-state index contributed by atoms with van der Waals surface area (Å²) in [5.74, 6) is -0.922. The third-order valence-electron chi connectivity index (χ3n) is 3.46. The third kappa shape index (κ3) is 3.18. The summed E-state index contributed by atoms with van der Waals surface area (Å²) in [6.45, 7) is 1.80. The zero-order chi connectivity index (χ0) is 13.8. The molecule has 1 fully saturated rings. The van der Waals surface area contributed by atoms with Gasteiger partial charge in [-0.3, -0.25) is 14.3 Å². The number of carbonyl (C=O) groups is 2. The fourth-order valence-corrected chi connectivity index (χ4v) is 3.46. The quantitative estimate of drug-likeness (QED) is 0.664. The molecule has 0 amide bonds. The maximum absolute atomic E-state index is 11.2. The first-order valence-corrected chi connectivity index (χ1v) is 7.51. The van der Waals surface area contributed by atoms with Crippen LogP contribution in [0.1, 0.15) is 54.2 Å². The first-order chi connectivity index (χ1) is 9.13. The molecule has 1 N–H and O–H groups in total. The van der Waals surface area contributed by atoms with Gasteiger partial charge in [0, 0.05) is 0 Å². The van der Waals surface area contributed by atoms with Gasteiger partial charge in [0.05, 0.1) is 23.1 Å². The predicted molar refractivity (Wildman–Crippen MR) is 72.8 cm³/mol. The summed E-state index contributed by atoms with van der Waals surface area (Å²) in [6, 6.07) is 0.303. The van der Waals surface area contributed by atoms with Crippen LogP contribution in [0.2, 0.25) is 0 Å². The summed E-state index contributed by atoms with van der Waals surface area (Å²) in [7, 11) is 0. The molecule has 2 rings (SSSR count). The lowest BCUT2D eigenvalue weighted by Crippen LogP contribution is -2.15. The van der Waals surface area contributed by atoms with Crippen molar-refractivity contribution in [2.45, 2.75) is 50.1 Å². The van der Waals surface area contributed by atoms with Gasteiger partial charge < -0.3 is 5.11 Å². The molecule has 104 valence electrons. The van der Waals surface area contributed by atoms with Gasteiger partial charge in [-0.25, -0.2) is 0 Å². The van der Waals surface area contributed by atoms with Crippen molar-refractivity contribution in [2.24, 2.45) is 0 Å². The van der Waals surface area contributed by atoms with Crippen molar-refractivity contribution in [1.82, 2.24) is 9.78 Å². The second kappa shape index (κ2) is 6.23. The van der Waals surface area contributed by atoms with E-state index in [-0.39, 0.29) is 5.75 Å². The number of hydrogen-bond donors (Lipinski definition) is 1. The fraction of sp³-hybridized carbons (Fsp3) is 0.615. The van der Waals surface area contributed by atoms with E-state index in [1.165, 1.54) is 31.0 Å². The van der Waals surface area contributed by atoms with E-state index in [1.54, 1.807) is 6.92 Å². The van der Waals surface area contributed by atoms with Gasteiger partial charge in [-0.15, -0.1) is 0 Å². The summed E-state index contributed by atoms with van der Waals surface area (Å²) in [5, 5.41) is 14.0. The number of aryl methyl sites for hydroxylation is 1. The Balaban J connectivity index is 2.29. The molecule has 6 heteroatoms.